The van der Waals surface area contributed by atoms with E-state index in [1.807, 2.05) is 0 Å². The van der Waals surface area contributed by atoms with Crippen molar-refractivity contribution in [2.45, 2.75) is 228 Å². The zero-order valence-corrected chi connectivity index (χ0v) is 46.7. The van der Waals surface area contributed by atoms with E-state index in [0.29, 0.717) is 122 Å². The monoisotopic (exact) mass is 1000 g/mol. The molecule has 0 bridgehead atoms. The Hall–Kier alpha value is -2.64. The molecule has 12 nitrogen and oxygen atoms in total. The van der Waals surface area contributed by atoms with Crippen molar-refractivity contribution >= 4 is 23.5 Å². The summed E-state index contributed by atoms with van der Waals surface area (Å²) in [5.41, 5.74) is 7.37. The molecule has 0 spiro atoms. The average molecular weight is 1000 g/mol. The van der Waals surface area contributed by atoms with Crippen LogP contribution in [0.2, 0.25) is 0 Å². The molecule has 0 aromatic rings. The van der Waals surface area contributed by atoms with Crippen LogP contribution >= 0.6 is 0 Å². The smallest absolute Gasteiger partial charge is 0.223 e. The molecule has 2 aliphatic rings. The summed E-state index contributed by atoms with van der Waals surface area (Å²) in [7, 11) is 1.61. The van der Waals surface area contributed by atoms with E-state index in [4.69, 9.17) is 23.7 Å². The maximum Gasteiger partial charge on any atom is 0.223 e. The lowest BCUT2D eigenvalue weighted by Gasteiger charge is -2.34. The number of methoxy groups -OCH3 is 1. The number of ether oxygens (including phenoxy) is 5. The molecule has 0 aromatic carbocycles. The summed E-state index contributed by atoms with van der Waals surface area (Å²) in [5.74, 6) is -0.167. The minimum absolute atomic E-state index is 0.0348. The quantitative estimate of drug-likeness (QED) is 0.0400. The molecular weight excluding hydrogens is 895 g/mol. The number of amides is 3. The highest BCUT2D eigenvalue weighted by atomic mass is 16.5. The second kappa shape index (κ2) is 40.7. The van der Waals surface area contributed by atoms with Crippen LogP contribution in [0.3, 0.4) is 0 Å². The molecule has 0 radical (unpaired) electrons. The summed E-state index contributed by atoms with van der Waals surface area (Å²) in [6.45, 7) is 20.3. The maximum absolute atomic E-state index is 13.4. The molecule has 1 atom stereocenters. The number of hydrogen-bond acceptors (Lipinski definition) is 9. The molecule has 12 heteroatoms. The number of rotatable bonds is 46. The van der Waals surface area contributed by atoms with Gasteiger partial charge in [-0.2, -0.15) is 0 Å². The van der Waals surface area contributed by atoms with Gasteiger partial charge >= 0.3 is 0 Å². The minimum atomic E-state index is -0.360. The number of nitrogens with one attached hydrogen (secondary N) is 3. The van der Waals surface area contributed by atoms with Gasteiger partial charge in [0.2, 0.25) is 17.7 Å². The van der Waals surface area contributed by atoms with E-state index >= 15 is 0 Å². The molecule has 2 aliphatic carbocycles. The number of allylic oxidation sites excluding steroid dienone is 4. The van der Waals surface area contributed by atoms with Gasteiger partial charge < -0.3 is 39.6 Å². The molecule has 3 amide bonds. The van der Waals surface area contributed by atoms with Crippen LogP contribution in [0.4, 0.5) is 0 Å². The summed E-state index contributed by atoms with van der Waals surface area (Å²) in [4.78, 5) is 51.0. The molecule has 0 unspecified atom stereocenters. The second-order valence-electron chi connectivity index (χ2n) is 22.1. The van der Waals surface area contributed by atoms with Crippen molar-refractivity contribution in [3.63, 3.8) is 0 Å². The third-order valence-corrected chi connectivity index (χ3v) is 14.9. The first-order valence-electron chi connectivity index (χ1n) is 28.8. The summed E-state index contributed by atoms with van der Waals surface area (Å²) < 4.78 is 27.1. The van der Waals surface area contributed by atoms with E-state index in [-0.39, 0.29) is 35.8 Å². The van der Waals surface area contributed by atoms with Crippen molar-refractivity contribution in [1.82, 2.24) is 16.0 Å². The molecule has 0 fully saturated rings. The molecule has 71 heavy (non-hydrogen) atoms. The fourth-order valence-electron chi connectivity index (χ4n) is 10.6. The predicted molar refractivity (Wildman–Crippen MR) is 290 cm³/mol. The fraction of sp³-hybridized carbons (Fsp3) is 0.864. The molecule has 0 heterocycles. The topological polar surface area (TPSA) is 151 Å². The van der Waals surface area contributed by atoms with Crippen molar-refractivity contribution in [1.29, 1.82) is 0 Å². The molecule has 0 saturated carbocycles. The Morgan fingerprint density at radius 3 is 1.45 bits per heavy atom. The Labute approximate surface area is 433 Å². The number of carbonyl (C=O) groups is 4. The van der Waals surface area contributed by atoms with E-state index in [1.165, 1.54) is 96.3 Å². The van der Waals surface area contributed by atoms with Gasteiger partial charge in [-0.1, -0.05) is 108 Å². The Balaban J connectivity index is 1.60. The van der Waals surface area contributed by atoms with Crippen LogP contribution in [0.15, 0.2) is 22.3 Å². The van der Waals surface area contributed by atoms with Crippen LogP contribution in [0, 0.1) is 16.7 Å². The first-order valence-corrected chi connectivity index (χ1v) is 28.8. The van der Waals surface area contributed by atoms with Gasteiger partial charge in [-0.05, 0) is 127 Å². The van der Waals surface area contributed by atoms with E-state index in [2.05, 4.69) is 57.5 Å². The lowest BCUT2D eigenvalue weighted by Crippen LogP contribution is -2.33. The predicted octanol–water partition coefficient (Wildman–Crippen LogP) is 12.3. The van der Waals surface area contributed by atoms with Crippen molar-refractivity contribution in [3.8, 4) is 0 Å². The van der Waals surface area contributed by atoms with Gasteiger partial charge in [-0.15, -0.1) is 0 Å². The van der Waals surface area contributed by atoms with E-state index < -0.39 is 0 Å². The summed E-state index contributed by atoms with van der Waals surface area (Å²) in [6, 6.07) is 0. The number of hydrogen-bond donors (Lipinski definition) is 3. The molecular formula is C59H107N3O9. The normalized spacial score (nSPS) is 16.0. The van der Waals surface area contributed by atoms with Gasteiger partial charge in [-0.25, -0.2) is 0 Å². The van der Waals surface area contributed by atoms with Gasteiger partial charge in [0.1, 0.15) is 5.78 Å². The zero-order chi connectivity index (χ0) is 51.8. The van der Waals surface area contributed by atoms with E-state index in [9.17, 15) is 19.2 Å². The molecule has 2 rings (SSSR count). The van der Waals surface area contributed by atoms with Gasteiger partial charge in [0, 0.05) is 71.6 Å². The van der Waals surface area contributed by atoms with Gasteiger partial charge in [0.15, 0.2) is 0 Å². The standard InChI is InChI=1S/C59H107N3O9/c1-49-26-22-34-58(3,4)53(49)30-17-13-9-8-12-16-29-52(63)48-51(28-20-21-36-60-55(64)32-19-15-11-10-14-18-31-54-50(2)27-23-35-59(54,5)6)57(66)62-38-25-40-69-45-47-71-46-44-68-39-24-37-61-56(65)33-41-70-43-42-67-7/h51H,8-48H2,1-7H3,(H,60,64)(H,61,65)(H,62,66)/t51-/m1/s1. The highest BCUT2D eigenvalue weighted by Gasteiger charge is 2.29. The summed E-state index contributed by atoms with van der Waals surface area (Å²) >= 11 is 0. The highest BCUT2D eigenvalue weighted by molar-refractivity contribution is 5.86. The second-order valence-corrected chi connectivity index (χ2v) is 22.1. The molecule has 0 aliphatic heterocycles. The average Bonchev–Trinajstić information content (AvgIpc) is 3.32. The number of Topliss-reactive ketones (excluding diaryl/α,β-unsaturated/α-hetero) is 1. The van der Waals surface area contributed by atoms with Crippen LogP contribution in [-0.4, -0.2) is 110 Å². The largest absolute Gasteiger partial charge is 0.382 e. The van der Waals surface area contributed by atoms with Gasteiger partial charge in [-0.3, -0.25) is 19.2 Å². The summed E-state index contributed by atoms with van der Waals surface area (Å²) in [6.07, 6.45) is 29.4. The third kappa shape index (κ3) is 32.3. The zero-order valence-electron chi connectivity index (χ0n) is 46.7. The maximum atomic E-state index is 13.4. The Kier molecular flexibility index (Phi) is 37.0. The van der Waals surface area contributed by atoms with Crippen molar-refractivity contribution in [3.05, 3.63) is 22.3 Å². The Morgan fingerprint density at radius 1 is 0.479 bits per heavy atom. The van der Waals surface area contributed by atoms with Crippen LogP contribution < -0.4 is 16.0 Å². The Morgan fingerprint density at radius 2 is 0.915 bits per heavy atom. The van der Waals surface area contributed by atoms with Crippen LogP contribution in [0.25, 0.3) is 0 Å². The van der Waals surface area contributed by atoms with Crippen LogP contribution in [0.1, 0.15) is 228 Å². The molecule has 3 N–H and O–H groups in total. The van der Waals surface area contributed by atoms with Crippen LogP contribution in [-0.2, 0) is 42.9 Å². The minimum Gasteiger partial charge on any atom is -0.382 e. The highest BCUT2D eigenvalue weighted by Crippen LogP contribution is 2.43. The SMILES string of the molecule is COCCOCCC(=O)NCCCOCCOCCOCCCNC(=O)[C@H](CCCCNC(=O)CCCCCCCCC1=C(C)CCCC1(C)C)CC(=O)CCCCCCCCC1=C(C)CCCC1(C)C. The molecule has 0 saturated heterocycles. The van der Waals surface area contributed by atoms with Crippen molar-refractivity contribution < 1.29 is 42.9 Å². The van der Waals surface area contributed by atoms with E-state index in [0.717, 1.165) is 51.4 Å². The molecule has 412 valence electrons. The van der Waals surface area contributed by atoms with E-state index in [1.54, 1.807) is 29.4 Å². The first kappa shape index (κ1) is 64.5. The van der Waals surface area contributed by atoms with Crippen molar-refractivity contribution in [2.24, 2.45) is 16.7 Å². The van der Waals surface area contributed by atoms with Gasteiger partial charge in [0.05, 0.1) is 46.2 Å². The first-order chi connectivity index (χ1) is 34.3. The molecule has 0 aromatic heterocycles. The number of ketones is 1. The van der Waals surface area contributed by atoms with Crippen LogP contribution in [0.5, 0.6) is 0 Å². The number of unbranched alkanes of at least 4 members (excludes halogenated alkanes) is 11. The number of carbonyl (C=O) groups excluding carboxylic acids is 4. The fourth-order valence-corrected chi connectivity index (χ4v) is 10.6. The summed E-state index contributed by atoms with van der Waals surface area (Å²) in [5, 5.41) is 9.03. The third-order valence-electron chi connectivity index (χ3n) is 14.9. The lowest BCUT2D eigenvalue weighted by atomic mass is 9.71. The van der Waals surface area contributed by atoms with Gasteiger partial charge in [0.25, 0.3) is 0 Å². The lowest BCUT2D eigenvalue weighted by molar-refractivity contribution is -0.129. The van der Waals surface area contributed by atoms with Crippen molar-refractivity contribution in [2.75, 3.05) is 86.2 Å². The Bertz CT molecular complexity index is 1510.